The van der Waals surface area contributed by atoms with Crippen LogP contribution in [-0.2, 0) is 0 Å². The molecule has 392 valence electrons. The third-order valence-electron chi connectivity index (χ3n) is 18.1. The summed E-state index contributed by atoms with van der Waals surface area (Å²) < 4.78 is 17.0. The fourth-order valence-corrected chi connectivity index (χ4v) is 19.5. The van der Waals surface area contributed by atoms with Gasteiger partial charge in [0.25, 0.3) is 0 Å². The summed E-state index contributed by atoms with van der Waals surface area (Å²) in [6.45, 7) is 0. The highest BCUT2D eigenvalue weighted by atomic mass is 28.3. The lowest BCUT2D eigenvalue weighted by Crippen LogP contribution is -2.75. The number of fused-ring (bicyclic) bond motifs is 15. The SMILES string of the molecule is c1ccc([Si](c2cccc(-n3c4ccccc4c4cc(-n5c6ccccc6c6ccccc65)ccc43)c2)(c2cccc(-n3c4ccccc4c4cc(-n5c6ccccc6c6ccccc65)ccc43)c2)c2cccc3c2oc2ccccc23)cc1. The minimum Gasteiger partial charge on any atom is -0.456 e. The molecule has 0 aliphatic rings. The Labute approximate surface area is 483 Å². The van der Waals surface area contributed by atoms with E-state index in [1.54, 1.807) is 0 Å². The lowest BCUT2D eigenvalue weighted by Gasteiger charge is -2.35. The minimum atomic E-state index is -3.41. The number of para-hydroxylation sites is 8. The number of benzene rings is 13. The molecule has 0 unspecified atom stereocenters. The minimum absolute atomic E-state index is 0.884. The molecule has 0 fully saturated rings. The highest BCUT2D eigenvalue weighted by Crippen LogP contribution is 2.40. The summed E-state index contributed by atoms with van der Waals surface area (Å²) in [5, 5.41) is 17.0. The van der Waals surface area contributed by atoms with Crippen molar-refractivity contribution in [3.05, 3.63) is 303 Å². The van der Waals surface area contributed by atoms with Crippen molar-refractivity contribution in [2.75, 3.05) is 0 Å². The Kier molecular flexibility index (Phi) is 10.0. The van der Waals surface area contributed by atoms with Crippen molar-refractivity contribution < 1.29 is 4.42 Å². The summed E-state index contributed by atoms with van der Waals surface area (Å²) in [6.07, 6.45) is 0. The van der Waals surface area contributed by atoms with E-state index in [9.17, 15) is 0 Å². The predicted molar refractivity (Wildman–Crippen MR) is 355 cm³/mol. The summed E-state index contributed by atoms with van der Waals surface area (Å²) >= 11 is 0. The van der Waals surface area contributed by atoms with Gasteiger partial charge >= 0.3 is 0 Å². The van der Waals surface area contributed by atoms with E-state index in [0.29, 0.717) is 0 Å². The van der Waals surface area contributed by atoms with Crippen LogP contribution in [0.5, 0.6) is 0 Å². The van der Waals surface area contributed by atoms with Gasteiger partial charge in [0.2, 0.25) is 0 Å². The molecule has 0 radical (unpaired) electrons. The topological polar surface area (TPSA) is 32.9 Å². The highest BCUT2D eigenvalue weighted by Gasteiger charge is 2.44. The third kappa shape index (κ3) is 6.59. The number of nitrogens with zero attached hydrogens (tertiary/aromatic N) is 4. The first-order valence-corrected chi connectivity index (χ1v) is 30.9. The lowest BCUT2D eigenvalue weighted by atomic mass is 10.1. The molecule has 0 aliphatic heterocycles. The molecular weight excluding hydrogens is 1040 g/mol. The maximum absolute atomic E-state index is 7.20. The van der Waals surface area contributed by atoms with Crippen LogP contribution in [-0.4, -0.2) is 26.3 Å². The van der Waals surface area contributed by atoms with Gasteiger partial charge in [0.15, 0.2) is 8.07 Å². The first-order chi connectivity index (χ1) is 41.7. The molecule has 0 saturated heterocycles. The smallest absolute Gasteiger partial charge is 0.184 e. The predicted octanol–water partition coefficient (Wildman–Crippen LogP) is 17.4. The third-order valence-corrected chi connectivity index (χ3v) is 22.8. The molecule has 18 rings (SSSR count). The molecular formula is C78H50N4OSi. The van der Waals surface area contributed by atoms with E-state index in [-0.39, 0.29) is 0 Å². The average Bonchev–Trinajstić information content (AvgIpc) is 1.49. The zero-order valence-electron chi connectivity index (χ0n) is 45.6. The Morgan fingerprint density at radius 3 is 0.976 bits per heavy atom. The van der Waals surface area contributed by atoms with Crippen molar-refractivity contribution in [3.8, 4) is 22.7 Å². The molecule has 5 aromatic heterocycles. The van der Waals surface area contributed by atoms with Gasteiger partial charge < -0.3 is 22.7 Å². The van der Waals surface area contributed by atoms with Gasteiger partial charge in [-0.2, -0.15) is 0 Å². The van der Waals surface area contributed by atoms with E-state index >= 15 is 0 Å². The standard InChI is InChI=1S/C78H50N4OSi/c1-2-23-55(24-3-1)84(77-42-20-34-65-64-33-10-17-41-76(64)83-78(65)77,56-25-18-21-51(47-56)79-72-39-15-8-31-62(72)66-49-53(43-45-74(66)79)81-68-35-11-4-27-58(68)59-28-5-12-36-69(59)81)57-26-19-22-52(48-57)80-73-40-16-9-32-63(73)67-50-54(44-46-75(67)80)82-70-37-13-6-29-60(70)61-30-7-14-38-71(61)82/h1-50H. The van der Waals surface area contributed by atoms with Crippen molar-refractivity contribution >= 4 is 138 Å². The zero-order valence-corrected chi connectivity index (χ0v) is 46.6. The zero-order chi connectivity index (χ0) is 55.0. The molecule has 5 nitrogen and oxygen atoms in total. The summed E-state index contributed by atoms with van der Waals surface area (Å²) in [7, 11) is -3.41. The molecule has 0 spiro atoms. The lowest BCUT2D eigenvalue weighted by molar-refractivity contribution is 0.671. The second kappa shape index (κ2) is 18.0. The monoisotopic (exact) mass is 1090 g/mol. The van der Waals surface area contributed by atoms with Crippen molar-refractivity contribution in [3.63, 3.8) is 0 Å². The van der Waals surface area contributed by atoms with Crippen LogP contribution >= 0.6 is 0 Å². The van der Waals surface area contributed by atoms with Gasteiger partial charge in [-0.3, -0.25) is 0 Å². The first-order valence-electron chi connectivity index (χ1n) is 28.9. The summed E-state index contributed by atoms with van der Waals surface area (Å²) in [6, 6.07) is 113. The Morgan fingerprint density at radius 2 is 0.536 bits per heavy atom. The van der Waals surface area contributed by atoms with Crippen LogP contribution in [0, 0.1) is 0 Å². The van der Waals surface area contributed by atoms with Crippen molar-refractivity contribution in [1.82, 2.24) is 18.3 Å². The van der Waals surface area contributed by atoms with E-state index in [0.717, 1.165) is 66.8 Å². The summed E-state index contributed by atoms with van der Waals surface area (Å²) in [5.41, 5.74) is 15.7. The first kappa shape index (κ1) is 46.8. The normalized spacial score (nSPS) is 12.3. The number of furan rings is 1. The molecule has 18 aromatic rings. The molecule has 13 aromatic carbocycles. The fraction of sp³-hybridized carbons (Fsp3) is 0. The van der Waals surface area contributed by atoms with Crippen molar-refractivity contribution in [2.24, 2.45) is 0 Å². The van der Waals surface area contributed by atoms with E-state index < -0.39 is 8.07 Å². The Hall–Kier alpha value is -10.9. The molecule has 0 saturated carbocycles. The molecule has 5 heterocycles. The maximum atomic E-state index is 7.20. The van der Waals surface area contributed by atoms with Gasteiger partial charge in [-0.25, -0.2) is 0 Å². The molecule has 0 amide bonds. The average molecular weight is 1090 g/mol. The Morgan fingerprint density at radius 1 is 0.214 bits per heavy atom. The van der Waals surface area contributed by atoms with E-state index in [2.05, 4.69) is 322 Å². The van der Waals surface area contributed by atoms with Crippen LogP contribution in [0.1, 0.15) is 0 Å². The molecule has 0 bridgehead atoms. The van der Waals surface area contributed by atoms with Crippen LogP contribution in [0.25, 0.3) is 132 Å². The number of rotatable bonds is 8. The van der Waals surface area contributed by atoms with Crippen molar-refractivity contribution in [1.29, 1.82) is 0 Å². The number of hydrogen-bond acceptors (Lipinski definition) is 1. The highest BCUT2D eigenvalue weighted by molar-refractivity contribution is 7.20. The molecule has 0 aliphatic carbocycles. The van der Waals surface area contributed by atoms with E-state index in [1.807, 2.05) is 0 Å². The Balaban J connectivity index is 0.882. The van der Waals surface area contributed by atoms with Crippen LogP contribution in [0.15, 0.2) is 308 Å². The summed E-state index contributed by atoms with van der Waals surface area (Å²) in [4.78, 5) is 0. The van der Waals surface area contributed by atoms with Crippen molar-refractivity contribution in [2.45, 2.75) is 0 Å². The van der Waals surface area contributed by atoms with E-state index in [1.165, 1.54) is 85.9 Å². The van der Waals surface area contributed by atoms with Crippen LogP contribution in [0.4, 0.5) is 0 Å². The molecule has 6 heteroatoms. The van der Waals surface area contributed by atoms with Crippen LogP contribution < -0.4 is 20.7 Å². The fourth-order valence-electron chi connectivity index (χ4n) is 14.6. The van der Waals surface area contributed by atoms with Gasteiger partial charge in [0.05, 0.1) is 44.1 Å². The molecule has 0 atom stereocenters. The number of hydrogen-bond donors (Lipinski definition) is 0. The largest absolute Gasteiger partial charge is 0.456 e. The number of aromatic nitrogens is 4. The quantitative estimate of drug-likeness (QED) is 0.110. The molecule has 0 N–H and O–H groups in total. The van der Waals surface area contributed by atoms with Gasteiger partial charge in [-0.15, -0.1) is 0 Å². The maximum Gasteiger partial charge on any atom is 0.184 e. The second-order valence-corrected chi connectivity index (χ2v) is 26.1. The van der Waals surface area contributed by atoms with Crippen LogP contribution in [0.2, 0.25) is 0 Å². The molecule has 84 heavy (non-hydrogen) atoms. The van der Waals surface area contributed by atoms with Gasteiger partial charge in [0.1, 0.15) is 11.2 Å². The van der Waals surface area contributed by atoms with E-state index in [4.69, 9.17) is 4.42 Å². The van der Waals surface area contributed by atoms with Gasteiger partial charge in [0, 0.05) is 76.6 Å². The van der Waals surface area contributed by atoms with Gasteiger partial charge in [-0.05, 0) is 124 Å². The Bertz CT molecular complexity index is 5330. The summed E-state index contributed by atoms with van der Waals surface area (Å²) in [5.74, 6) is 0. The van der Waals surface area contributed by atoms with Gasteiger partial charge in [-0.1, -0.05) is 200 Å². The second-order valence-electron chi connectivity index (χ2n) is 22.3. The van der Waals surface area contributed by atoms with Crippen LogP contribution in [0.3, 0.4) is 0 Å².